The van der Waals surface area contributed by atoms with Crippen LogP contribution in [-0.4, -0.2) is 4.98 Å². The molecule has 2 rings (SSSR count). The van der Waals surface area contributed by atoms with Crippen LogP contribution in [0.4, 0.5) is 0 Å². The first-order chi connectivity index (χ1) is 5.86. The number of hydrogen-bond acceptors (Lipinski definition) is 2. The second kappa shape index (κ2) is 3.31. The summed E-state index contributed by atoms with van der Waals surface area (Å²) in [6, 6.07) is 6.12. The standard InChI is InChI=1S/C10H11NS/c1-8-5-6-10(12-8)9-4-2-3-7-11-9/h2-5,7,10H,6H2,1H3. The molecule has 1 atom stereocenters. The molecule has 1 aliphatic heterocycles. The molecule has 0 N–H and O–H groups in total. The summed E-state index contributed by atoms with van der Waals surface area (Å²) in [4.78, 5) is 5.76. The minimum Gasteiger partial charge on any atom is -0.260 e. The molecule has 2 heteroatoms. The maximum absolute atomic E-state index is 4.34. The van der Waals surface area contributed by atoms with Crippen molar-refractivity contribution >= 4 is 11.8 Å². The third kappa shape index (κ3) is 1.53. The largest absolute Gasteiger partial charge is 0.260 e. The van der Waals surface area contributed by atoms with Gasteiger partial charge in [-0.1, -0.05) is 12.1 Å². The maximum Gasteiger partial charge on any atom is 0.0548 e. The predicted molar refractivity (Wildman–Crippen MR) is 52.9 cm³/mol. The van der Waals surface area contributed by atoms with Crippen molar-refractivity contribution in [3.8, 4) is 0 Å². The summed E-state index contributed by atoms with van der Waals surface area (Å²) >= 11 is 1.92. The second-order valence-electron chi connectivity index (χ2n) is 2.91. The highest BCUT2D eigenvalue weighted by molar-refractivity contribution is 8.03. The molecule has 0 bridgehead atoms. The molecule has 0 amide bonds. The molecular formula is C10H11NS. The van der Waals surface area contributed by atoms with Crippen molar-refractivity contribution in [1.82, 2.24) is 4.98 Å². The van der Waals surface area contributed by atoms with Gasteiger partial charge in [-0.15, -0.1) is 11.8 Å². The first-order valence-electron chi connectivity index (χ1n) is 4.10. The zero-order valence-electron chi connectivity index (χ0n) is 7.03. The van der Waals surface area contributed by atoms with E-state index < -0.39 is 0 Å². The third-order valence-corrected chi connectivity index (χ3v) is 3.22. The van der Waals surface area contributed by atoms with Gasteiger partial charge in [-0.05, 0) is 30.4 Å². The van der Waals surface area contributed by atoms with Gasteiger partial charge in [0.1, 0.15) is 0 Å². The molecule has 1 unspecified atom stereocenters. The molecule has 2 heterocycles. The quantitative estimate of drug-likeness (QED) is 0.653. The lowest BCUT2D eigenvalue weighted by Gasteiger charge is -2.06. The third-order valence-electron chi connectivity index (χ3n) is 1.97. The van der Waals surface area contributed by atoms with E-state index in [0.29, 0.717) is 5.25 Å². The zero-order chi connectivity index (χ0) is 8.39. The van der Waals surface area contributed by atoms with E-state index >= 15 is 0 Å². The van der Waals surface area contributed by atoms with Crippen molar-refractivity contribution in [2.24, 2.45) is 0 Å². The van der Waals surface area contributed by atoms with Crippen LogP contribution in [0, 0.1) is 0 Å². The molecule has 0 saturated carbocycles. The van der Waals surface area contributed by atoms with Crippen LogP contribution >= 0.6 is 11.8 Å². The van der Waals surface area contributed by atoms with Gasteiger partial charge in [0, 0.05) is 6.20 Å². The average Bonchev–Trinajstić information content (AvgIpc) is 2.54. The molecule has 1 aromatic rings. The summed E-state index contributed by atoms with van der Waals surface area (Å²) in [5, 5.41) is 0.561. The van der Waals surface area contributed by atoms with Crippen LogP contribution in [0.15, 0.2) is 35.4 Å². The number of rotatable bonds is 1. The van der Waals surface area contributed by atoms with Crippen molar-refractivity contribution in [3.63, 3.8) is 0 Å². The Kier molecular flexibility index (Phi) is 2.17. The Morgan fingerprint density at radius 1 is 1.50 bits per heavy atom. The van der Waals surface area contributed by atoms with Gasteiger partial charge < -0.3 is 0 Å². The van der Waals surface area contributed by atoms with Crippen LogP contribution < -0.4 is 0 Å². The molecule has 0 aromatic carbocycles. The van der Waals surface area contributed by atoms with Crippen LogP contribution in [0.1, 0.15) is 24.3 Å². The van der Waals surface area contributed by atoms with Crippen molar-refractivity contribution in [3.05, 3.63) is 41.1 Å². The van der Waals surface area contributed by atoms with Crippen LogP contribution in [0.25, 0.3) is 0 Å². The molecule has 0 spiro atoms. The van der Waals surface area contributed by atoms with E-state index in [1.54, 1.807) is 0 Å². The van der Waals surface area contributed by atoms with E-state index in [0.717, 1.165) is 6.42 Å². The summed E-state index contributed by atoms with van der Waals surface area (Å²) < 4.78 is 0. The highest BCUT2D eigenvalue weighted by atomic mass is 32.2. The van der Waals surface area contributed by atoms with Crippen LogP contribution in [0.2, 0.25) is 0 Å². The van der Waals surface area contributed by atoms with Gasteiger partial charge in [0.25, 0.3) is 0 Å². The Morgan fingerprint density at radius 2 is 2.42 bits per heavy atom. The molecule has 0 aliphatic carbocycles. The van der Waals surface area contributed by atoms with Gasteiger partial charge in [-0.3, -0.25) is 4.98 Å². The Balaban J connectivity index is 2.14. The normalized spacial score (nSPS) is 22.4. The SMILES string of the molecule is CC1=CCC(c2ccccn2)S1. The molecule has 0 radical (unpaired) electrons. The van der Waals surface area contributed by atoms with Gasteiger partial charge in [0.2, 0.25) is 0 Å². The van der Waals surface area contributed by atoms with E-state index in [1.165, 1.54) is 10.6 Å². The van der Waals surface area contributed by atoms with Gasteiger partial charge in [0.15, 0.2) is 0 Å². The summed E-state index contributed by atoms with van der Waals surface area (Å²) in [6.07, 6.45) is 5.28. The molecule has 12 heavy (non-hydrogen) atoms. The summed E-state index contributed by atoms with van der Waals surface area (Å²) in [6.45, 7) is 2.16. The smallest absolute Gasteiger partial charge is 0.0548 e. The number of aromatic nitrogens is 1. The van der Waals surface area contributed by atoms with E-state index in [-0.39, 0.29) is 0 Å². The number of hydrogen-bond donors (Lipinski definition) is 0. The van der Waals surface area contributed by atoms with Gasteiger partial charge in [-0.2, -0.15) is 0 Å². The fraction of sp³-hybridized carbons (Fsp3) is 0.300. The molecule has 0 fully saturated rings. The topological polar surface area (TPSA) is 12.9 Å². The Morgan fingerprint density at radius 3 is 3.00 bits per heavy atom. The molecule has 0 saturated heterocycles. The lowest BCUT2D eigenvalue weighted by molar-refractivity contribution is 0.932. The van der Waals surface area contributed by atoms with E-state index in [4.69, 9.17) is 0 Å². The van der Waals surface area contributed by atoms with Gasteiger partial charge >= 0.3 is 0 Å². The Bertz CT molecular complexity index is 292. The zero-order valence-corrected chi connectivity index (χ0v) is 7.84. The Labute approximate surface area is 76.9 Å². The van der Waals surface area contributed by atoms with Crippen LogP contribution in [-0.2, 0) is 0 Å². The molecule has 1 nitrogen and oxygen atoms in total. The lowest BCUT2D eigenvalue weighted by Crippen LogP contribution is -1.91. The van der Waals surface area contributed by atoms with E-state index in [1.807, 2.05) is 24.0 Å². The second-order valence-corrected chi connectivity index (χ2v) is 4.36. The molecule has 1 aromatic heterocycles. The maximum atomic E-state index is 4.34. The first-order valence-corrected chi connectivity index (χ1v) is 4.98. The lowest BCUT2D eigenvalue weighted by atomic mass is 10.2. The van der Waals surface area contributed by atoms with Crippen LogP contribution in [0.3, 0.4) is 0 Å². The number of thioether (sulfide) groups is 1. The van der Waals surface area contributed by atoms with E-state index in [9.17, 15) is 0 Å². The van der Waals surface area contributed by atoms with Crippen molar-refractivity contribution < 1.29 is 0 Å². The Hall–Kier alpha value is -0.760. The number of allylic oxidation sites excluding steroid dienone is 2. The number of pyridine rings is 1. The molecule has 62 valence electrons. The van der Waals surface area contributed by atoms with Gasteiger partial charge in [0.05, 0.1) is 10.9 Å². The summed E-state index contributed by atoms with van der Waals surface area (Å²) in [5.74, 6) is 0. The predicted octanol–water partition coefficient (Wildman–Crippen LogP) is 3.16. The van der Waals surface area contributed by atoms with Crippen molar-refractivity contribution in [2.45, 2.75) is 18.6 Å². The van der Waals surface area contributed by atoms with Gasteiger partial charge in [-0.25, -0.2) is 0 Å². The van der Waals surface area contributed by atoms with E-state index in [2.05, 4.69) is 30.1 Å². The number of nitrogens with zero attached hydrogens (tertiary/aromatic N) is 1. The summed E-state index contributed by atoms with van der Waals surface area (Å²) in [5.41, 5.74) is 1.20. The monoisotopic (exact) mass is 177 g/mol. The van der Waals surface area contributed by atoms with Crippen molar-refractivity contribution in [2.75, 3.05) is 0 Å². The average molecular weight is 177 g/mol. The minimum atomic E-state index is 0.561. The summed E-state index contributed by atoms with van der Waals surface area (Å²) in [7, 11) is 0. The van der Waals surface area contributed by atoms with Crippen molar-refractivity contribution in [1.29, 1.82) is 0 Å². The highest BCUT2D eigenvalue weighted by Gasteiger charge is 2.17. The molecular weight excluding hydrogens is 166 g/mol. The molecule has 1 aliphatic rings. The van der Waals surface area contributed by atoms with Crippen LogP contribution in [0.5, 0.6) is 0 Å². The first kappa shape index (κ1) is 7.87. The highest BCUT2D eigenvalue weighted by Crippen LogP contribution is 2.42. The fourth-order valence-electron chi connectivity index (χ4n) is 1.34. The minimum absolute atomic E-state index is 0.561. The fourth-order valence-corrected chi connectivity index (χ4v) is 2.44.